The molecule has 1 heterocycles. The van der Waals surface area contributed by atoms with Crippen molar-refractivity contribution in [3.05, 3.63) is 102 Å². The van der Waals surface area contributed by atoms with Crippen LogP contribution in [0.15, 0.2) is 91.0 Å². The molecule has 1 aliphatic rings. The Morgan fingerprint density at radius 1 is 0.771 bits per heavy atom. The van der Waals surface area contributed by atoms with E-state index >= 15 is 0 Å². The maximum Gasteiger partial charge on any atom is 0.255 e. The average molecular weight is 465 g/mol. The van der Waals surface area contributed by atoms with E-state index in [1.54, 1.807) is 19.2 Å². The summed E-state index contributed by atoms with van der Waals surface area (Å²) in [6, 6.07) is 29.6. The molecule has 0 saturated carbocycles. The van der Waals surface area contributed by atoms with E-state index in [4.69, 9.17) is 4.74 Å². The van der Waals surface area contributed by atoms with Crippen LogP contribution in [0.1, 0.15) is 33.6 Å². The molecule has 0 spiro atoms. The van der Waals surface area contributed by atoms with Gasteiger partial charge in [0.1, 0.15) is 5.75 Å². The molecule has 0 bridgehead atoms. The summed E-state index contributed by atoms with van der Waals surface area (Å²) in [6.07, 6.45) is 1.43. The van der Waals surface area contributed by atoms with Crippen molar-refractivity contribution in [1.29, 1.82) is 0 Å². The molecular weight excluding hydrogens is 436 g/mol. The predicted octanol–water partition coefficient (Wildman–Crippen LogP) is 5.55. The van der Waals surface area contributed by atoms with Crippen LogP contribution in [0.5, 0.6) is 5.75 Å². The van der Waals surface area contributed by atoms with Crippen LogP contribution in [0.25, 0.3) is 21.9 Å². The lowest BCUT2D eigenvalue weighted by atomic mass is 9.94. The molecular formula is C30H28N2O3. The first-order valence-corrected chi connectivity index (χ1v) is 12.0. The van der Waals surface area contributed by atoms with E-state index in [1.807, 2.05) is 65.6 Å². The fourth-order valence-corrected chi connectivity index (χ4v) is 4.85. The third kappa shape index (κ3) is 4.62. The summed E-state index contributed by atoms with van der Waals surface area (Å²) in [5.41, 5.74) is 3.50. The summed E-state index contributed by atoms with van der Waals surface area (Å²) in [4.78, 5) is 28.2. The van der Waals surface area contributed by atoms with Crippen molar-refractivity contribution in [2.24, 2.45) is 0 Å². The van der Waals surface area contributed by atoms with Crippen LogP contribution >= 0.6 is 0 Å². The molecule has 4 aromatic rings. The molecule has 0 aromatic heterocycles. The second-order valence-corrected chi connectivity index (χ2v) is 8.81. The van der Waals surface area contributed by atoms with Crippen molar-refractivity contribution >= 4 is 22.6 Å². The molecule has 1 saturated heterocycles. The van der Waals surface area contributed by atoms with Crippen molar-refractivity contribution in [2.45, 2.75) is 18.9 Å². The number of hydrogen-bond acceptors (Lipinski definition) is 3. The maximum absolute atomic E-state index is 13.5. The molecule has 5 heteroatoms. The van der Waals surface area contributed by atoms with Crippen LogP contribution in [0.3, 0.4) is 0 Å². The molecule has 35 heavy (non-hydrogen) atoms. The van der Waals surface area contributed by atoms with Gasteiger partial charge in [0.2, 0.25) is 0 Å². The summed E-state index contributed by atoms with van der Waals surface area (Å²) in [5, 5.41) is 5.14. The Bertz CT molecular complexity index is 1360. The third-order valence-corrected chi connectivity index (χ3v) is 6.71. The van der Waals surface area contributed by atoms with E-state index in [9.17, 15) is 9.59 Å². The number of para-hydroxylation sites is 1. The number of nitrogens with one attached hydrogen (secondary N) is 1. The van der Waals surface area contributed by atoms with Gasteiger partial charge in [-0.15, -0.1) is 0 Å². The van der Waals surface area contributed by atoms with Gasteiger partial charge in [-0.2, -0.15) is 0 Å². The van der Waals surface area contributed by atoms with Crippen LogP contribution in [-0.2, 0) is 0 Å². The molecule has 0 unspecified atom stereocenters. The van der Waals surface area contributed by atoms with Crippen LogP contribution in [0.4, 0.5) is 0 Å². The number of amides is 2. The number of benzene rings is 4. The Labute approximate surface area is 205 Å². The highest BCUT2D eigenvalue weighted by Gasteiger charge is 2.26. The standard InChI is InChI=1S/C30H28N2O3/c1-35-28-14-8-7-13-27(28)29(33)31-22-17-19-32(20-18-22)30(34)26-16-15-23(21-9-3-2-4-10-21)24-11-5-6-12-25(24)26/h2-16,22H,17-20H2,1H3,(H,31,33). The third-order valence-electron chi connectivity index (χ3n) is 6.71. The number of hydrogen-bond donors (Lipinski definition) is 1. The SMILES string of the molecule is COc1ccccc1C(=O)NC1CCN(C(=O)c2ccc(-c3ccccc3)c3ccccc23)CC1. The molecule has 1 fully saturated rings. The van der Waals surface area contributed by atoms with Gasteiger partial charge in [0.25, 0.3) is 11.8 Å². The number of carbonyl (C=O) groups excluding carboxylic acids is 2. The highest BCUT2D eigenvalue weighted by atomic mass is 16.5. The summed E-state index contributed by atoms with van der Waals surface area (Å²) in [5.74, 6) is 0.452. The summed E-state index contributed by atoms with van der Waals surface area (Å²) in [7, 11) is 1.56. The molecule has 5 nitrogen and oxygen atoms in total. The number of methoxy groups -OCH3 is 1. The van der Waals surface area contributed by atoms with E-state index < -0.39 is 0 Å². The lowest BCUT2D eigenvalue weighted by molar-refractivity contribution is 0.0700. The van der Waals surface area contributed by atoms with Gasteiger partial charge in [0, 0.05) is 24.7 Å². The minimum Gasteiger partial charge on any atom is -0.496 e. The number of fused-ring (bicyclic) bond motifs is 1. The van der Waals surface area contributed by atoms with Crippen molar-refractivity contribution in [1.82, 2.24) is 10.2 Å². The van der Waals surface area contributed by atoms with Crippen LogP contribution in [0, 0.1) is 0 Å². The summed E-state index contributed by atoms with van der Waals surface area (Å²) >= 11 is 0. The van der Waals surface area contributed by atoms with Gasteiger partial charge >= 0.3 is 0 Å². The number of likely N-dealkylation sites (tertiary alicyclic amines) is 1. The average Bonchev–Trinajstić information content (AvgIpc) is 2.93. The van der Waals surface area contributed by atoms with E-state index in [1.165, 1.54) is 0 Å². The largest absolute Gasteiger partial charge is 0.496 e. The molecule has 5 rings (SSSR count). The van der Waals surface area contributed by atoms with Crippen LogP contribution < -0.4 is 10.1 Å². The topological polar surface area (TPSA) is 58.6 Å². The van der Waals surface area contributed by atoms with Gasteiger partial charge in [-0.3, -0.25) is 9.59 Å². The summed E-state index contributed by atoms with van der Waals surface area (Å²) < 4.78 is 5.31. The van der Waals surface area contributed by atoms with Gasteiger partial charge in [-0.1, -0.05) is 72.8 Å². The zero-order valence-corrected chi connectivity index (χ0v) is 19.7. The molecule has 0 radical (unpaired) electrons. The first kappa shape index (κ1) is 22.7. The Balaban J connectivity index is 1.30. The van der Waals surface area contributed by atoms with Crippen molar-refractivity contribution in [3.8, 4) is 16.9 Å². The summed E-state index contributed by atoms with van der Waals surface area (Å²) in [6.45, 7) is 1.20. The number of ether oxygens (including phenoxy) is 1. The monoisotopic (exact) mass is 464 g/mol. The first-order chi connectivity index (χ1) is 17.2. The highest BCUT2D eigenvalue weighted by molar-refractivity contribution is 6.11. The first-order valence-electron chi connectivity index (χ1n) is 12.0. The Hall–Kier alpha value is -4.12. The zero-order valence-electron chi connectivity index (χ0n) is 19.7. The number of nitrogens with zero attached hydrogens (tertiary/aromatic N) is 1. The fraction of sp³-hybridized carbons (Fsp3) is 0.200. The number of rotatable bonds is 5. The second kappa shape index (κ2) is 10.0. The molecule has 4 aromatic carbocycles. The normalized spacial score (nSPS) is 14.0. The van der Waals surface area contributed by atoms with Gasteiger partial charge in [-0.05, 0) is 52.9 Å². The van der Waals surface area contributed by atoms with Crippen LogP contribution in [-0.4, -0.2) is 43.0 Å². The highest BCUT2D eigenvalue weighted by Crippen LogP contribution is 2.31. The molecule has 0 aliphatic carbocycles. The number of piperidine rings is 1. The molecule has 0 atom stereocenters. The quantitative estimate of drug-likeness (QED) is 0.421. The van der Waals surface area contributed by atoms with Gasteiger partial charge in [0.15, 0.2) is 0 Å². The van der Waals surface area contributed by atoms with E-state index in [0.29, 0.717) is 37.2 Å². The molecule has 1 N–H and O–H groups in total. The van der Waals surface area contributed by atoms with E-state index in [0.717, 1.165) is 27.5 Å². The fourth-order valence-electron chi connectivity index (χ4n) is 4.85. The zero-order chi connectivity index (χ0) is 24.2. The maximum atomic E-state index is 13.5. The van der Waals surface area contributed by atoms with Crippen LogP contribution in [0.2, 0.25) is 0 Å². The van der Waals surface area contributed by atoms with E-state index in [2.05, 4.69) is 23.5 Å². The number of carbonyl (C=O) groups is 2. The van der Waals surface area contributed by atoms with Gasteiger partial charge in [-0.25, -0.2) is 0 Å². The lowest BCUT2D eigenvalue weighted by Crippen LogP contribution is -2.46. The van der Waals surface area contributed by atoms with E-state index in [-0.39, 0.29) is 17.9 Å². The Morgan fingerprint density at radius 3 is 2.17 bits per heavy atom. The van der Waals surface area contributed by atoms with Gasteiger partial charge in [0.05, 0.1) is 12.7 Å². The lowest BCUT2D eigenvalue weighted by Gasteiger charge is -2.33. The molecule has 1 aliphatic heterocycles. The van der Waals surface area contributed by atoms with Crippen molar-refractivity contribution < 1.29 is 14.3 Å². The van der Waals surface area contributed by atoms with Crippen molar-refractivity contribution in [3.63, 3.8) is 0 Å². The molecule has 2 amide bonds. The Morgan fingerprint density at radius 2 is 1.43 bits per heavy atom. The minimum atomic E-state index is -0.144. The van der Waals surface area contributed by atoms with Gasteiger partial charge < -0.3 is 15.0 Å². The molecule has 176 valence electrons. The van der Waals surface area contributed by atoms with Crippen molar-refractivity contribution in [2.75, 3.05) is 20.2 Å². The minimum absolute atomic E-state index is 0.0219. The Kier molecular flexibility index (Phi) is 6.49. The smallest absolute Gasteiger partial charge is 0.255 e. The predicted molar refractivity (Wildman–Crippen MR) is 139 cm³/mol. The second-order valence-electron chi connectivity index (χ2n) is 8.81.